The summed E-state index contributed by atoms with van der Waals surface area (Å²) in [5.74, 6) is 0.0188. The summed E-state index contributed by atoms with van der Waals surface area (Å²) in [5.41, 5.74) is 7.98. The molecule has 0 saturated heterocycles. The lowest BCUT2D eigenvalue weighted by Crippen LogP contribution is -2.15. The maximum atomic E-state index is 7.53. The number of nitrogens with two attached hydrogens (primary N) is 1. The van der Waals surface area contributed by atoms with Crippen LogP contribution in [0, 0.1) is 12.3 Å². The van der Waals surface area contributed by atoms with E-state index in [4.69, 9.17) is 22.7 Å². The number of halogens is 1. The van der Waals surface area contributed by atoms with Crippen molar-refractivity contribution < 1.29 is 0 Å². The van der Waals surface area contributed by atoms with Crippen LogP contribution in [0.15, 0.2) is 30.6 Å². The van der Waals surface area contributed by atoms with E-state index in [1.807, 2.05) is 19.1 Å². The molecule has 0 unspecified atom stereocenters. The maximum Gasteiger partial charge on any atom is 0.124 e. The zero-order valence-electron chi connectivity index (χ0n) is 8.74. The van der Waals surface area contributed by atoms with Gasteiger partial charge in [-0.2, -0.15) is 5.10 Å². The molecule has 3 N–H and O–H groups in total. The number of nitrogens with zero attached hydrogens (tertiary/aromatic N) is 2. The Kier molecular flexibility index (Phi) is 2.66. The molecule has 82 valence electrons. The van der Waals surface area contributed by atoms with E-state index in [0.717, 1.165) is 11.3 Å². The number of rotatable bonds is 2. The Bertz CT molecular complexity index is 545. The number of nitrogens with one attached hydrogen (secondary N) is 1. The highest BCUT2D eigenvalue weighted by molar-refractivity contribution is 6.30. The summed E-state index contributed by atoms with van der Waals surface area (Å²) in [7, 11) is 0. The van der Waals surface area contributed by atoms with Gasteiger partial charge in [0.1, 0.15) is 5.84 Å². The minimum atomic E-state index is 0.0188. The van der Waals surface area contributed by atoms with Crippen LogP contribution in [0.4, 0.5) is 0 Å². The average molecular weight is 235 g/mol. The molecule has 2 aromatic rings. The number of aromatic nitrogens is 2. The van der Waals surface area contributed by atoms with E-state index >= 15 is 0 Å². The first-order chi connectivity index (χ1) is 7.59. The van der Waals surface area contributed by atoms with Crippen molar-refractivity contribution in [3.8, 4) is 5.69 Å². The van der Waals surface area contributed by atoms with Crippen LogP contribution in [-0.4, -0.2) is 15.6 Å². The summed E-state index contributed by atoms with van der Waals surface area (Å²) in [6, 6.07) is 5.60. The van der Waals surface area contributed by atoms with E-state index in [1.165, 1.54) is 0 Å². The van der Waals surface area contributed by atoms with Crippen LogP contribution in [0.1, 0.15) is 11.1 Å². The van der Waals surface area contributed by atoms with Crippen molar-refractivity contribution in [2.75, 3.05) is 0 Å². The zero-order chi connectivity index (χ0) is 11.7. The number of hydrogen-bond donors (Lipinski definition) is 2. The fourth-order valence-electron chi connectivity index (χ4n) is 1.60. The Morgan fingerprint density at radius 3 is 2.81 bits per heavy atom. The maximum absolute atomic E-state index is 7.53. The van der Waals surface area contributed by atoms with Crippen LogP contribution in [0.25, 0.3) is 5.69 Å². The van der Waals surface area contributed by atoms with Crippen LogP contribution < -0.4 is 5.73 Å². The first-order valence-electron chi connectivity index (χ1n) is 4.74. The van der Waals surface area contributed by atoms with Gasteiger partial charge in [-0.3, -0.25) is 5.41 Å². The molecule has 0 aliphatic heterocycles. The lowest BCUT2D eigenvalue weighted by molar-refractivity contribution is 0.870. The van der Waals surface area contributed by atoms with Crippen molar-refractivity contribution in [2.24, 2.45) is 5.73 Å². The highest BCUT2D eigenvalue weighted by atomic mass is 35.5. The first-order valence-corrected chi connectivity index (χ1v) is 5.12. The van der Waals surface area contributed by atoms with Crippen LogP contribution in [0.2, 0.25) is 5.02 Å². The molecule has 0 aliphatic carbocycles. The van der Waals surface area contributed by atoms with E-state index in [1.54, 1.807) is 23.1 Å². The highest BCUT2D eigenvalue weighted by Gasteiger charge is 2.10. The fraction of sp³-hybridized carbons (Fsp3) is 0.0909. The van der Waals surface area contributed by atoms with Crippen molar-refractivity contribution >= 4 is 17.4 Å². The lowest BCUT2D eigenvalue weighted by atomic mass is 10.1. The van der Waals surface area contributed by atoms with Gasteiger partial charge in [0.05, 0.1) is 16.9 Å². The van der Waals surface area contributed by atoms with E-state index < -0.39 is 0 Å². The van der Waals surface area contributed by atoms with Crippen molar-refractivity contribution in [2.45, 2.75) is 6.92 Å². The number of nitrogen functional groups attached to an aromatic ring is 1. The molecule has 1 aromatic carbocycles. The fourth-order valence-corrected chi connectivity index (χ4v) is 1.74. The van der Waals surface area contributed by atoms with Gasteiger partial charge in [-0.25, -0.2) is 4.68 Å². The predicted molar refractivity (Wildman–Crippen MR) is 64.3 cm³/mol. The Balaban J connectivity index is 2.67. The topological polar surface area (TPSA) is 67.7 Å². The normalized spacial score (nSPS) is 10.4. The Morgan fingerprint density at radius 1 is 1.50 bits per heavy atom. The van der Waals surface area contributed by atoms with Gasteiger partial charge in [-0.15, -0.1) is 0 Å². The second-order valence-electron chi connectivity index (χ2n) is 3.49. The quantitative estimate of drug-likeness (QED) is 0.617. The van der Waals surface area contributed by atoms with Crippen LogP contribution >= 0.6 is 11.6 Å². The molecule has 4 nitrogen and oxygen atoms in total. The van der Waals surface area contributed by atoms with Crippen LogP contribution in [0.3, 0.4) is 0 Å². The molecule has 1 aromatic heterocycles. The van der Waals surface area contributed by atoms with Gasteiger partial charge in [0.25, 0.3) is 0 Å². The summed E-state index contributed by atoms with van der Waals surface area (Å²) in [4.78, 5) is 0. The van der Waals surface area contributed by atoms with E-state index in [2.05, 4.69) is 5.10 Å². The Hall–Kier alpha value is -1.81. The second-order valence-corrected chi connectivity index (χ2v) is 3.92. The van der Waals surface area contributed by atoms with E-state index in [9.17, 15) is 0 Å². The number of amidine groups is 1. The molecule has 16 heavy (non-hydrogen) atoms. The van der Waals surface area contributed by atoms with Crippen molar-refractivity contribution in [3.05, 3.63) is 46.7 Å². The number of aryl methyl sites for hydroxylation is 1. The predicted octanol–water partition coefficient (Wildman–Crippen LogP) is 2.12. The van der Waals surface area contributed by atoms with Gasteiger partial charge in [0, 0.05) is 11.8 Å². The Morgan fingerprint density at radius 2 is 2.25 bits per heavy atom. The monoisotopic (exact) mass is 234 g/mol. The summed E-state index contributed by atoms with van der Waals surface area (Å²) in [6.07, 6.45) is 3.24. The number of para-hydroxylation sites is 1. The third-order valence-electron chi connectivity index (χ3n) is 2.31. The molecule has 0 aliphatic rings. The second kappa shape index (κ2) is 3.98. The smallest absolute Gasteiger partial charge is 0.124 e. The number of hydrogen-bond acceptors (Lipinski definition) is 2. The van der Waals surface area contributed by atoms with Gasteiger partial charge in [-0.05, 0) is 18.6 Å². The van der Waals surface area contributed by atoms with E-state index in [-0.39, 0.29) is 5.84 Å². The minimum Gasteiger partial charge on any atom is -0.384 e. The number of benzene rings is 1. The molecule has 0 radical (unpaired) electrons. The molecule has 0 atom stereocenters. The zero-order valence-corrected chi connectivity index (χ0v) is 9.49. The highest BCUT2D eigenvalue weighted by Crippen LogP contribution is 2.20. The largest absolute Gasteiger partial charge is 0.384 e. The van der Waals surface area contributed by atoms with Gasteiger partial charge in [0.2, 0.25) is 0 Å². The van der Waals surface area contributed by atoms with Crippen molar-refractivity contribution in [1.29, 1.82) is 5.41 Å². The molecule has 0 bridgehead atoms. The molecule has 5 heteroatoms. The first kappa shape index (κ1) is 10.7. The molecule has 1 heterocycles. The van der Waals surface area contributed by atoms with Crippen LogP contribution in [0.5, 0.6) is 0 Å². The summed E-state index contributed by atoms with van der Waals surface area (Å²) >= 11 is 5.83. The van der Waals surface area contributed by atoms with E-state index in [0.29, 0.717) is 10.6 Å². The van der Waals surface area contributed by atoms with Crippen molar-refractivity contribution in [1.82, 2.24) is 9.78 Å². The summed E-state index contributed by atoms with van der Waals surface area (Å²) in [6.45, 7) is 1.94. The summed E-state index contributed by atoms with van der Waals surface area (Å²) in [5, 5.41) is 12.2. The molecular formula is C11H11ClN4. The molecule has 0 fully saturated rings. The van der Waals surface area contributed by atoms with Crippen molar-refractivity contribution in [3.63, 3.8) is 0 Å². The molecule has 0 spiro atoms. The van der Waals surface area contributed by atoms with Gasteiger partial charge < -0.3 is 5.73 Å². The third-order valence-corrected chi connectivity index (χ3v) is 2.50. The standard InChI is InChI=1S/C11H11ClN4/c1-7-3-2-4-9(11(13)14)10(7)16-6-8(12)5-15-16/h2-6H,1H3,(H3,13,14). The third kappa shape index (κ3) is 1.79. The lowest BCUT2D eigenvalue weighted by Gasteiger charge is -2.11. The van der Waals surface area contributed by atoms with Crippen LogP contribution in [-0.2, 0) is 0 Å². The van der Waals surface area contributed by atoms with Gasteiger partial charge in [0.15, 0.2) is 0 Å². The Labute approximate surface area is 98.2 Å². The molecule has 0 amide bonds. The SMILES string of the molecule is Cc1cccc(C(=N)N)c1-n1cc(Cl)cn1. The average Bonchev–Trinajstić information content (AvgIpc) is 2.64. The molecule has 2 rings (SSSR count). The minimum absolute atomic E-state index is 0.0188. The summed E-state index contributed by atoms with van der Waals surface area (Å²) < 4.78 is 1.63. The van der Waals surface area contributed by atoms with Gasteiger partial charge in [-0.1, -0.05) is 23.7 Å². The van der Waals surface area contributed by atoms with Gasteiger partial charge >= 0.3 is 0 Å². The molecule has 0 saturated carbocycles. The molecular weight excluding hydrogens is 224 g/mol.